The van der Waals surface area contributed by atoms with Gasteiger partial charge in [-0.05, 0) is 25.1 Å². The predicted octanol–water partition coefficient (Wildman–Crippen LogP) is 1.79. The van der Waals surface area contributed by atoms with Gasteiger partial charge in [-0.3, -0.25) is 4.90 Å². The zero-order valence-corrected chi connectivity index (χ0v) is 11.8. The number of carbonyl (C=O) groups is 1. The van der Waals surface area contributed by atoms with E-state index in [4.69, 9.17) is 10.5 Å². The lowest BCUT2D eigenvalue weighted by atomic mass is 10.1. The van der Waals surface area contributed by atoms with E-state index in [-0.39, 0.29) is 0 Å². The Bertz CT molecular complexity index is 468. The summed E-state index contributed by atoms with van der Waals surface area (Å²) in [6.45, 7) is 2.15. The molecule has 1 aromatic rings. The SMILES string of the molecule is NCCCN(Cc1ccccc1)CC1CC(F)(F)C(=O)O1. The van der Waals surface area contributed by atoms with E-state index in [1.165, 1.54) is 0 Å². The van der Waals surface area contributed by atoms with Gasteiger partial charge in [-0.15, -0.1) is 0 Å². The molecule has 4 nitrogen and oxygen atoms in total. The van der Waals surface area contributed by atoms with Crippen LogP contribution in [0.2, 0.25) is 0 Å². The van der Waals surface area contributed by atoms with Gasteiger partial charge >= 0.3 is 11.9 Å². The smallest absolute Gasteiger partial charge is 0.377 e. The second-order valence-corrected chi connectivity index (χ2v) is 5.30. The summed E-state index contributed by atoms with van der Waals surface area (Å²) in [6.07, 6.45) is -0.530. The van der Waals surface area contributed by atoms with Crippen LogP contribution in [0, 0.1) is 0 Å². The monoisotopic (exact) mass is 298 g/mol. The second-order valence-electron chi connectivity index (χ2n) is 5.30. The molecule has 0 saturated carbocycles. The number of nitrogens with two attached hydrogens (primary N) is 1. The Morgan fingerprint density at radius 2 is 2.05 bits per heavy atom. The quantitative estimate of drug-likeness (QED) is 0.780. The number of hydrogen-bond donors (Lipinski definition) is 1. The van der Waals surface area contributed by atoms with E-state index >= 15 is 0 Å². The average molecular weight is 298 g/mol. The first-order valence-corrected chi connectivity index (χ1v) is 7.06. The van der Waals surface area contributed by atoms with Crippen LogP contribution in [0.15, 0.2) is 30.3 Å². The molecule has 0 radical (unpaired) electrons. The van der Waals surface area contributed by atoms with Crippen LogP contribution in [-0.2, 0) is 16.1 Å². The van der Waals surface area contributed by atoms with Gasteiger partial charge in [0, 0.05) is 13.1 Å². The highest BCUT2D eigenvalue weighted by Crippen LogP contribution is 2.31. The number of carbonyl (C=O) groups excluding carboxylic acids is 1. The number of rotatable bonds is 7. The number of halogens is 2. The molecule has 1 saturated heterocycles. The molecule has 1 heterocycles. The zero-order valence-electron chi connectivity index (χ0n) is 11.8. The fourth-order valence-electron chi connectivity index (χ4n) is 2.43. The molecule has 0 spiro atoms. The third-order valence-corrected chi connectivity index (χ3v) is 3.45. The maximum atomic E-state index is 13.2. The van der Waals surface area contributed by atoms with Crippen LogP contribution in [0.25, 0.3) is 0 Å². The lowest BCUT2D eigenvalue weighted by Crippen LogP contribution is -2.34. The number of alkyl halides is 2. The number of ether oxygens (including phenoxy) is 1. The van der Waals surface area contributed by atoms with Gasteiger partial charge in [0.15, 0.2) is 0 Å². The molecule has 1 aliphatic rings. The fraction of sp³-hybridized carbons (Fsp3) is 0.533. The highest BCUT2D eigenvalue weighted by molar-refractivity contribution is 5.79. The van der Waals surface area contributed by atoms with Crippen molar-refractivity contribution in [1.82, 2.24) is 4.90 Å². The summed E-state index contributed by atoms with van der Waals surface area (Å²) in [7, 11) is 0. The Morgan fingerprint density at radius 1 is 1.33 bits per heavy atom. The normalized spacial score (nSPS) is 20.8. The molecule has 1 atom stereocenters. The van der Waals surface area contributed by atoms with Crippen molar-refractivity contribution in [1.29, 1.82) is 0 Å². The van der Waals surface area contributed by atoms with Crippen LogP contribution in [0.3, 0.4) is 0 Å². The number of cyclic esters (lactones) is 1. The van der Waals surface area contributed by atoms with E-state index < -0.39 is 24.4 Å². The topological polar surface area (TPSA) is 55.6 Å². The van der Waals surface area contributed by atoms with Gasteiger partial charge < -0.3 is 10.5 Å². The third-order valence-electron chi connectivity index (χ3n) is 3.45. The van der Waals surface area contributed by atoms with E-state index in [1.807, 2.05) is 35.2 Å². The molecule has 0 amide bonds. The van der Waals surface area contributed by atoms with Crippen molar-refractivity contribution in [3.05, 3.63) is 35.9 Å². The van der Waals surface area contributed by atoms with Crippen LogP contribution in [0.4, 0.5) is 8.78 Å². The summed E-state index contributed by atoms with van der Waals surface area (Å²) < 4.78 is 31.2. The minimum atomic E-state index is -3.35. The summed E-state index contributed by atoms with van der Waals surface area (Å²) in [4.78, 5) is 13.1. The summed E-state index contributed by atoms with van der Waals surface area (Å²) in [5.41, 5.74) is 6.60. The molecule has 1 unspecified atom stereocenters. The highest BCUT2D eigenvalue weighted by atomic mass is 19.3. The van der Waals surface area contributed by atoms with Crippen molar-refractivity contribution in [2.45, 2.75) is 31.4 Å². The van der Waals surface area contributed by atoms with Gasteiger partial charge in [0.05, 0.1) is 6.42 Å². The predicted molar refractivity (Wildman–Crippen MR) is 74.8 cm³/mol. The maximum Gasteiger partial charge on any atom is 0.377 e. The minimum Gasteiger partial charge on any atom is -0.456 e. The lowest BCUT2D eigenvalue weighted by molar-refractivity contribution is -0.159. The minimum absolute atomic E-state index is 0.302. The van der Waals surface area contributed by atoms with Gasteiger partial charge in [-0.2, -0.15) is 8.78 Å². The molecule has 0 aromatic heterocycles. The first kappa shape index (κ1) is 15.9. The summed E-state index contributed by atoms with van der Waals surface area (Å²) in [5, 5.41) is 0. The van der Waals surface area contributed by atoms with Crippen LogP contribution >= 0.6 is 0 Å². The summed E-state index contributed by atoms with van der Waals surface area (Å²) >= 11 is 0. The standard InChI is InChI=1S/C15H20F2N2O2/c16-15(17)9-13(21-14(15)20)11-19(8-4-7-18)10-12-5-2-1-3-6-12/h1-3,5-6,13H,4,7-11,18H2. The average Bonchev–Trinajstić information content (AvgIpc) is 2.70. The van der Waals surface area contributed by atoms with Crippen LogP contribution < -0.4 is 5.73 Å². The molecule has 2 N–H and O–H groups in total. The Morgan fingerprint density at radius 3 is 2.62 bits per heavy atom. The van der Waals surface area contributed by atoms with Crippen LogP contribution in [0.1, 0.15) is 18.4 Å². The molecular weight excluding hydrogens is 278 g/mol. The van der Waals surface area contributed by atoms with Gasteiger partial charge in [-0.1, -0.05) is 30.3 Å². The van der Waals surface area contributed by atoms with Crippen molar-refractivity contribution in [2.75, 3.05) is 19.6 Å². The zero-order chi connectivity index (χ0) is 15.3. The first-order valence-electron chi connectivity index (χ1n) is 7.06. The Hall–Kier alpha value is -1.53. The molecule has 1 aliphatic heterocycles. The van der Waals surface area contributed by atoms with E-state index in [0.717, 1.165) is 12.0 Å². The Balaban J connectivity index is 1.95. The van der Waals surface area contributed by atoms with Crippen molar-refractivity contribution < 1.29 is 18.3 Å². The van der Waals surface area contributed by atoms with E-state index in [9.17, 15) is 13.6 Å². The summed E-state index contributed by atoms with van der Waals surface area (Å²) in [5.74, 6) is -4.76. The molecule has 6 heteroatoms. The molecule has 0 bridgehead atoms. The molecule has 116 valence electrons. The molecule has 0 aliphatic carbocycles. The van der Waals surface area contributed by atoms with Gasteiger partial charge in [0.1, 0.15) is 6.10 Å². The van der Waals surface area contributed by atoms with Crippen LogP contribution in [0.5, 0.6) is 0 Å². The van der Waals surface area contributed by atoms with Gasteiger partial charge in [0.2, 0.25) is 0 Å². The highest BCUT2D eigenvalue weighted by Gasteiger charge is 2.50. The largest absolute Gasteiger partial charge is 0.456 e. The molecule has 21 heavy (non-hydrogen) atoms. The Kier molecular flexibility index (Phi) is 5.25. The molecule has 1 fully saturated rings. The third kappa shape index (κ3) is 4.47. The van der Waals surface area contributed by atoms with E-state index in [1.54, 1.807) is 0 Å². The first-order chi connectivity index (χ1) is 10.0. The maximum absolute atomic E-state index is 13.2. The van der Waals surface area contributed by atoms with Crippen molar-refractivity contribution in [3.63, 3.8) is 0 Å². The number of nitrogens with zero attached hydrogens (tertiary/aromatic N) is 1. The second kappa shape index (κ2) is 6.95. The number of hydrogen-bond acceptors (Lipinski definition) is 4. The number of benzene rings is 1. The van der Waals surface area contributed by atoms with Crippen LogP contribution in [-0.4, -0.2) is 42.5 Å². The van der Waals surface area contributed by atoms with Crippen molar-refractivity contribution >= 4 is 5.97 Å². The molecule has 2 rings (SSSR count). The fourth-order valence-corrected chi connectivity index (χ4v) is 2.43. The van der Waals surface area contributed by atoms with E-state index in [0.29, 0.717) is 26.2 Å². The Labute approximate surface area is 122 Å². The van der Waals surface area contributed by atoms with Crippen molar-refractivity contribution in [2.24, 2.45) is 5.73 Å². The molecule has 1 aromatic carbocycles. The summed E-state index contributed by atoms with van der Waals surface area (Å²) in [6, 6.07) is 9.74. The number of esters is 1. The lowest BCUT2D eigenvalue weighted by Gasteiger charge is -2.24. The van der Waals surface area contributed by atoms with E-state index in [2.05, 4.69) is 0 Å². The molecular formula is C15H20F2N2O2. The van der Waals surface area contributed by atoms with Gasteiger partial charge in [-0.25, -0.2) is 4.79 Å². The van der Waals surface area contributed by atoms with Crippen molar-refractivity contribution in [3.8, 4) is 0 Å². The van der Waals surface area contributed by atoms with Gasteiger partial charge in [0.25, 0.3) is 0 Å².